The molecule has 1 heterocycles. The standard InChI is InChI=1S/C16H22N2O2/c1-10(2)14-16(19)18(11-8-9-11)15(17-14)12-6-4-5-7-13(12)20-3/h4-7,10-11,14-15,17H,8-9H2,1-3H3. The van der Waals surface area contributed by atoms with Crippen LogP contribution in [0.5, 0.6) is 5.75 Å². The number of para-hydroxylation sites is 1. The van der Waals surface area contributed by atoms with Crippen molar-refractivity contribution in [3.05, 3.63) is 29.8 Å². The van der Waals surface area contributed by atoms with E-state index in [2.05, 4.69) is 19.2 Å². The zero-order chi connectivity index (χ0) is 14.3. The van der Waals surface area contributed by atoms with Crippen molar-refractivity contribution in [3.63, 3.8) is 0 Å². The van der Waals surface area contributed by atoms with Gasteiger partial charge in [-0.1, -0.05) is 32.0 Å². The van der Waals surface area contributed by atoms with Crippen molar-refractivity contribution in [1.29, 1.82) is 0 Å². The maximum absolute atomic E-state index is 12.6. The maximum Gasteiger partial charge on any atom is 0.241 e. The van der Waals surface area contributed by atoms with Crippen LogP contribution in [-0.2, 0) is 4.79 Å². The van der Waals surface area contributed by atoms with Gasteiger partial charge in [0.1, 0.15) is 11.9 Å². The third-order valence-corrected chi connectivity index (χ3v) is 4.18. The quantitative estimate of drug-likeness (QED) is 0.916. The van der Waals surface area contributed by atoms with Gasteiger partial charge < -0.3 is 9.64 Å². The van der Waals surface area contributed by atoms with Gasteiger partial charge in [-0.3, -0.25) is 10.1 Å². The van der Waals surface area contributed by atoms with Crippen LogP contribution in [0.1, 0.15) is 38.4 Å². The fourth-order valence-corrected chi connectivity index (χ4v) is 2.96. The topological polar surface area (TPSA) is 41.6 Å². The zero-order valence-electron chi connectivity index (χ0n) is 12.3. The highest BCUT2D eigenvalue weighted by molar-refractivity contribution is 5.85. The van der Waals surface area contributed by atoms with E-state index < -0.39 is 0 Å². The van der Waals surface area contributed by atoms with E-state index in [1.54, 1.807) is 7.11 Å². The minimum Gasteiger partial charge on any atom is -0.496 e. The van der Waals surface area contributed by atoms with Gasteiger partial charge in [-0.05, 0) is 24.8 Å². The van der Waals surface area contributed by atoms with Crippen molar-refractivity contribution < 1.29 is 9.53 Å². The highest BCUT2D eigenvalue weighted by Gasteiger charge is 2.48. The minimum atomic E-state index is -0.0921. The van der Waals surface area contributed by atoms with Crippen LogP contribution in [0.3, 0.4) is 0 Å². The van der Waals surface area contributed by atoms with Gasteiger partial charge in [0.15, 0.2) is 0 Å². The molecule has 1 saturated heterocycles. The molecular formula is C16H22N2O2. The van der Waals surface area contributed by atoms with E-state index in [0.717, 1.165) is 24.2 Å². The largest absolute Gasteiger partial charge is 0.496 e. The Morgan fingerprint density at radius 2 is 2.00 bits per heavy atom. The summed E-state index contributed by atoms with van der Waals surface area (Å²) >= 11 is 0. The predicted molar refractivity (Wildman–Crippen MR) is 77.4 cm³/mol. The van der Waals surface area contributed by atoms with Gasteiger partial charge in [-0.15, -0.1) is 0 Å². The van der Waals surface area contributed by atoms with Crippen LogP contribution in [0.2, 0.25) is 0 Å². The number of rotatable bonds is 4. The zero-order valence-corrected chi connectivity index (χ0v) is 12.3. The molecule has 2 fully saturated rings. The number of nitrogens with one attached hydrogen (secondary N) is 1. The molecule has 1 saturated carbocycles. The molecular weight excluding hydrogens is 252 g/mol. The number of hydrogen-bond acceptors (Lipinski definition) is 3. The van der Waals surface area contributed by atoms with E-state index >= 15 is 0 Å². The van der Waals surface area contributed by atoms with Gasteiger partial charge >= 0.3 is 0 Å². The molecule has 4 nitrogen and oxygen atoms in total. The van der Waals surface area contributed by atoms with E-state index in [1.807, 2.05) is 29.2 Å². The lowest BCUT2D eigenvalue weighted by Gasteiger charge is -2.25. The molecule has 2 aliphatic rings. The molecule has 1 N–H and O–H groups in total. The molecule has 108 valence electrons. The van der Waals surface area contributed by atoms with Gasteiger partial charge in [0.25, 0.3) is 0 Å². The van der Waals surface area contributed by atoms with E-state index in [4.69, 9.17) is 4.74 Å². The summed E-state index contributed by atoms with van der Waals surface area (Å²) in [7, 11) is 1.68. The Kier molecular flexibility index (Phi) is 3.42. The molecule has 1 aliphatic carbocycles. The second-order valence-corrected chi connectivity index (χ2v) is 6.01. The molecule has 4 heteroatoms. The Balaban J connectivity index is 1.96. The summed E-state index contributed by atoms with van der Waals surface area (Å²) in [6.45, 7) is 4.18. The Bertz CT molecular complexity index is 511. The number of ether oxygens (including phenoxy) is 1. The number of benzene rings is 1. The van der Waals surface area contributed by atoms with Gasteiger partial charge in [0.2, 0.25) is 5.91 Å². The number of carbonyl (C=O) groups excluding carboxylic acids is 1. The monoisotopic (exact) mass is 274 g/mol. The molecule has 1 aromatic rings. The van der Waals surface area contributed by atoms with Crippen LogP contribution in [0.25, 0.3) is 0 Å². The van der Waals surface area contributed by atoms with E-state index in [1.165, 1.54) is 0 Å². The number of hydrogen-bond donors (Lipinski definition) is 1. The summed E-state index contributed by atoms with van der Waals surface area (Å²) < 4.78 is 5.46. The van der Waals surface area contributed by atoms with Gasteiger partial charge in [0, 0.05) is 11.6 Å². The Labute approximate surface area is 120 Å². The van der Waals surface area contributed by atoms with Gasteiger partial charge in [0.05, 0.1) is 13.2 Å². The average Bonchev–Trinajstić information content (AvgIpc) is 3.22. The Morgan fingerprint density at radius 1 is 1.30 bits per heavy atom. The Hall–Kier alpha value is -1.55. The smallest absolute Gasteiger partial charge is 0.241 e. The first-order chi connectivity index (χ1) is 9.63. The van der Waals surface area contributed by atoms with Crippen LogP contribution in [0, 0.1) is 5.92 Å². The number of carbonyl (C=O) groups is 1. The normalized spacial score (nSPS) is 26.4. The highest BCUT2D eigenvalue weighted by Crippen LogP contribution is 2.40. The summed E-state index contributed by atoms with van der Waals surface area (Å²) in [4.78, 5) is 14.7. The van der Waals surface area contributed by atoms with Crippen molar-refractivity contribution in [1.82, 2.24) is 10.2 Å². The SMILES string of the molecule is COc1ccccc1C1NC(C(C)C)C(=O)N1C1CC1. The highest BCUT2D eigenvalue weighted by atomic mass is 16.5. The lowest BCUT2D eigenvalue weighted by atomic mass is 10.1. The molecule has 0 aromatic heterocycles. The maximum atomic E-state index is 12.6. The van der Waals surface area contributed by atoms with Crippen molar-refractivity contribution in [2.75, 3.05) is 7.11 Å². The van der Waals surface area contributed by atoms with Crippen molar-refractivity contribution >= 4 is 5.91 Å². The molecule has 20 heavy (non-hydrogen) atoms. The van der Waals surface area contributed by atoms with E-state index in [0.29, 0.717) is 12.0 Å². The lowest BCUT2D eigenvalue weighted by molar-refractivity contribution is -0.131. The molecule has 0 spiro atoms. The first-order valence-electron chi connectivity index (χ1n) is 7.34. The van der Waals surface area contributed by atoms with Gasteiger partial charge in [-0.25, -0.2) is 0 Å². The van der Waals surface area contributed by atoms with Crippen molar-refractivity contribution in [3.8, 4) is 5.75 Å². The summed E-state index contributed by atoms with van der Waals surface area (Å²) in [5, 5.41) is 3.50. The second kappa shape index (κ2) is 5.09. The van der Waals surface area contributed by atoms with Gasteiger partial charge in [-0.2, -0.15) is 0 Å². The van der Waals surface area contributed by atoms with Crippen LogP contribution in [-0.4, -0.2) is 30.0 Å². The Morgan fingerprint density at radius 3 is 2.60 bits per heavy atom. The molecule has 2 atom stereocenters. The lowest BCUT2D eigenvalue weighted by Crippen LogP contribution is -2.35. The summed E-state index contributed by atoms with van der Waals surface area (Å²) in [6.07, 6.45) is 2.17. The summed E-state index contributed by atoms with van der Waals surface area (Å²) in [6, 6.07) is 8.26. The number of methoxy groups -OCH3 is 1. The van der Waals surface area contributed by atoms with Crippen LogP contribution in [0.4, 0.5) is 0 Å². The fraction of sp³-hybridized carbons (Fsp3) is 0.562. The minimum absolute atomic E-state index is 0.0569. The van der Waals surface area contributed by atoms with E-state index in [9.17, 15) is 4.79 Å². The molecule has 2 unspecified atom stereocenters. The molecule has 0 bridgehead atoms. The van der Waals surface area contributed by atoms with E-state index in [-0.39, 0.29) is 18.1 Å². The van der Waals surface area contributed by atoms with Crippen LogP contribution in [0.15, 0.2) is 24.3 Å². The predicted octanol–water partition coefficient (Wildman–Crippen LogP) is 2.31. The second-order valence-electron chi connectivity index (χ2n) is 6.01. The van der Waals surface area contributed by atoms with Crippen molar-refractivity contribution in [2.45, 2.75) is 44.9 Å². The first kappa shape index (κ1) is 13.4. The molecule has 1 aliphatic heterocycles. The first-order valence-corrected chi connectivity index (χ1v) is 7.34. The molecule has 1 amide bonds. The average molecular weight is 274 g/mol. The van der Waals surface area contributed by atoms with Crippen molar-refractivity contribution in [2.24, 2.45) is 5.92 Å². The summed E-state index contributed by atoms with van der Waals surface area (Å²) in [5.74, 6) is 1.37. The number of nitrogens with zero attached hydrogens (tertiary/aromatic N) is 1. The molecule has 3 rings (SSSR count). The summed E-state index contributed by atoms with van der Waals surface area (Å²) in [5.41, 5.74) is 1.05. The fourth-order valence-electron chi connectivity index (χ4n) is 2.96. The van der Waals surface area contributed by atoms with Crippen LogP contribution >= 0.6 is 0 Å². The van der Waals surface area contributed by atoms with Crippen LogP contribution < -0.4 is 10.1 Å². The number of amides is 1. The third kappa shape index (κ3) is 2.18. The molecule has 1 aromatic carbocycles. The third-order valence-electron chi connectivity index (χ3n) is 4.18. The molecule has 0 radical (unpaired) electrons.